The Morgan fingerprint density at radius 1 is 1.36 bits per heavy atom. The number of nitrogens with two attached hydrogens (primary N) is 1. The number of nitrogens with zero attached hydrogens (tertiary/aromatic N) is 1. The monoisotopic (exact) mass is 304 g/mol. The Bertz CT molecular complexity index is 524. The van der Waals surface area contributed by atoms with Gasteiger partial charge in [0.15, 0.2) is 0 Å². The van der Waals surface area contributed by atoms with Crippen molar-refractivity contribution in [3.63, 3.8) is 0 Å². The molecule has 1 aromatic rings. The van der Waals surface area contributed by atoms with Crippen LogP contribution in [0, 0.1) is 0 Å². The molecule has 0 amide bonds. The normalized spacial score (nSPS) is 22.6. The van der Waals surface area contributed by atoms with Gasteiger partial charge in [-0.3, -0.25) is 9.79 Å². The number of carbonyl (C=O) groups is 1. The SMILES string of the molecule is NC(Cc1ccccc1)=N[C@H]1CC[C@@H](CCC(=O)O)OB1O. The van der Waals surface area contributed by atoms with Crippen LogP contribution in [0.3, 0.4) is 0 Å². The number of amidine groups is 1. The summed E-state index contributed by atoms with van der Waals surface area (Å²) in [4.78, 5) is 14.9. The lowest BCUT2D eigenvalue weighted by atomic mass is 9.72. The van der Waals surface area contributed by atoms with Gasteiger partial charge >= 0.3 is 13.1 Å². The summed E-state index contributed by atoms with van der Waals surface area (Å²) in [5.41, 5.74) is 7.00. The van der Waals surface area contributed by atoms with Crippen molar-refractivity contribution in [2.45, 2.75) is 44.1 Å². The third-order valence-corrected chi connectivity index (χ3v) is 3.69. The molecule has 0 saturated carbocycles. The second-order valence-corrected chi connectivity index (χ2v) is 5.51. The summed E-state index contributed by atoms with van der Waals surface area (Å²) in [5.74, 6) is -0.780. The first-order valence-electron chi connectivity index (χ1n) is 7.46. The van der Waals surface area contributed by atoms with E-state index in [-0.39, 0.29) is 18.5 Å². The maximum atomic E-state index is 10.6. The summed E-state index contributed by atoms with van der Waals surface area (Å²) in [6.07, 6.45) is 2.07. The Hall–Kier alpha value is -1.86. The number of carboxylic acids is 1. The van der Waals surface area contributed by atoms with E-state index in [1.54, 1.807) is 0 Å². The Balaban J connectivity index is 1.85. The number of carboxylic acid groups (broad SMARTS) is 1. The van der Waals surface area contributed by atoms with Crippen LogP contribution in [0.1, 0.15) is 31.2 Å². The van der Waals surface area contributed by atoms with Crippen LogP contribution in [-0.4, -0.2) is 41.1 Å². The van der Waals surface area contributed by atoms with Crippen LogP contribution in [0.4, 0.5) is 0 Å². The predicted octanol–water partition coefficient (Wildman–Crippen LogP) is 1.02. The molecule has 2 rings (SSSR count). The van der Waals surface area contributed by atoms with Crippen molar-refractivity contribution in [2.24, 2.45) is 10.7 Å². The Morgan fingerprint density at radius 3 is 2.73 bits per heavy atom. The van der Waals surface area contributed by atoms with E-state index >= 15 is 0 Å². The molecule has 1 aliphatic rings. The minimum absolute atomic E-state index is 0.0431. The zero-order valence-corrected chi connectivity index (χ0v) is 12.4. The molecule has 1 fully saturated rings. The first-order chi connectivity index (χ1) is 10.5. The van der Waals surface area contributed by atoms with E-state index in [4.69, 9.17) is 15.5 Å². The first kappa shape index (κ1) is 16.5. The smallest absolute Gasteiger partial charge is 0.480 e. The molecular formula is C15H21BN2O4. The summed E-state index contributed by atoms with van der Waals surface area (Å²) >= 11 is 0. The molecule has 0 unspecified atom stereocenters. The molecule has 1 aliphatic heterocycles. The second-order valence-electron chi connectivity index (χ2n) is 5.51. The van der Waals surface area contributed by atoms with E-state index in [2.05, 4.69) is 4.99 Å². The van der Waals surface area contributed by atoms with Crippen molar-refractivity contribution in [1.82, 2.24) is 0 Å². The van der Waals surface area contributed by atoms with Crippen LogP contribution < -0.4 is 5.73 Å². The van der Waals surface area contributed by atoms with E-state index in [1.165, 1.54) is 0 Å². The standard InChI is InChI=1S/C15H21BN2O4/c17-14(10-11-4-2-1-3-5-11)18-13-8-6-12(22-16(13)21)7-9-15(19)20/h1-5,12-13,21H,6-10H2,(H2,17,18)(H,19,20)/t12-,13-/m0/s1. The van der Waals surface area contributed by atoms with Crippen molar-refractivity contribution >= 4 is 18.9 Å². The van der Waals surface area contributed by atoms with E-state index in [0.29, 0.717) is 31.5 Å². The van der Waals surface area contributed by atoms with Crippen LogP contribution in [0.2, 0.25) is 0 Å². The van der Waals surface area contributed by atoms with Crippen LogP contribution in [0.15, 0.2) is 35.3 Å². The van der Waals surface area contributed by atoms with Crippen molar-refractivity contribution in [3.05, 3.63) is 35.9 Å². The molecule has 4 N–H and O–H groups in total. The molecule has 1 aromatic carbocycles. The topological polar surface area (TPSA) is 105 Å². The van der Waals surface area contributed by atoms with Gasteiger partial charge in [-0.1, -0.05) is 30.3 Å². The maximum absolute atomic E-state index is 10.6. The van der Waals surface area contributed by atoms with E-state index in [1.807, 2.05) is 30.3 Å². The van der Waals surface area contributed by atoms with Gasteiger partial charge < -0.3 is 20.5 Å². The van der Waals surface area contributed by atoms with E-state index < -0.39 is 13.1 Å². The van der Waals surface area contributed by atoms with Crippen molar-refractivity contribution < 1.29 is 19.6 Å². The molecule has 6 nitrogen and oxygen atoms in total. The van der Waals surface area contributed by atoms with Gasteiger partial charge in [-0.15, -0.1) is 0 Å². The fourth-order valence-corrected chi connectivity index (χ4v) is 2.54. The highest BCUT2D eigenvalue weighted by atomic mass is 16.5. The maximum Gasteiger partial charge on any atom is 0.480 e. The second kappa shape index (κ2) is 7.96. The lowest BCUT2D eigenvalue weighted by Crippen LogP contribution is -2.43. The quantitative estimate of drug-likeness (QED) is 0.413. The van der Waals surface area contributed by atoms with Crippen molar-refractivity contribution in [3.8, 4) is 0 Å². The highest BCUT2D eigenvalue weighted by Gasteiger charge is 2.35. The summed E-state index contributed by atoms with van der Waals surface area (Å²) < 4.78 is 5.43. The number of aliphatic carboxylic acids is 1. The molecule has 0 spiro atoms. The molecule has 0 radical (unpaired) electrons. The molecular weight excluding hydrogens is 283 g/mol. The largest absolute Gasteiger partial charge is 0.481 e. The van der Waals surface area contributed by atoms with Crippen LogP contribution in [0.5, 0.6) is 0 Å². The molecule has 22 heavy (non-hydrogen) atoms. The Labute approximate surface area is 130 Å². The zero-order valence-electron chi connectivity index (χ0n) is 12.4. The van der Waals surface area contributed by atoms with Crippen molar-refractivity contribution in [1.29, 1.82) is 0 Å². The Morgan fingerprint density at radius 2 is 2.09 bits per heavy atom. The molecule has 1 heterocycles. The van der Waals surface area contributed by atoms with Gasteiger partial charge in [0.2, 0.25) is 0 Å². The van der Waals surface area contributed by atoms with Gasteiger partial charge in [-0.2, -0.15) is 0 Å². The fourth-order valence-electron chi connectivity index (χ4n) is 2.54. The third kappa shape index (κ3) is 5.16. The van der Waals surface area contributed by atoms with Crippen LogP contribution >= 0.6 is 0 Å². The van der Waals surface area contributed by atoms with Gasteiger partial charge in [-0.25, -0.2) is 0 Å². The number of benzene rings is 1. The number of hydrogen-bond donors (Lipinski definition) is 3. The highest BCUT2D eigenvalue weighted by molar-refractivity contribution is 6.45. The fraction of sp³-hybridized carbons (Fsp3) is 0.467. The van der Waals surface area contributed by atoms with Crippen molar-refractivity contribution in [2.75, 3.05) is 0 Å². The predicted molar refractivity (Wildman–Crippen MR) is 84.5 cm³/mol. The lowest BCUT2D eigenvalue weighted by molar-refractivity contribution is -0.137. The minimum Gasteiger partial charge on any atom is -0.481 e. The summed E-state index contributed by atoms with van der Waals surface area (Å²) in [6, 6.07) is 9.76. The summed E-state index contributed by atoms with van der Waals surface area (Å²) in [5, 5.41) is 18.7. The number of rotatable bonds is 6. The minimum atomic E-state index is -1.03. The number of aliphatic imine (C=N–C) groups is 1. The van der Waals surface area contributed by atoms with E-state index in [9.17, 15) is 9.82 Å². The van der Waals surface area contributed by atoms with Crippen LogP contribution in [-0.2, 0) is 15.9 Å². The molecule has 0 bridgehead atoms. The first-order valence-corrected chi connectivity index (χ1v) is 7.46. The van der Waals surface area contributed by atoms with Gasteiger partial charge in [-0.05, 0) is 24.8 Å². The molecule has 7 heteroatoms. The van der Waals surface area contributed by atoms with Gasteiger partial charge in [0.05, 0.1) is 11.8 Å². The van der Waals surface area contributed by atoms with Gasteiger partial charge in [0, 0.05) is 18.9 Å². The third-order valence-electron chi connectivity index (χ3n) is 3.69. The van der Waals surface area contributed by atoms with Gasteiger partial charge in [0.25, 0.3) is 0 Å². The summed E-state index contributed by atoms with van der Waals surface area (Å²) in [7, 11) is -1.03. The summed E-state index contributed by atoms with van der Waals surface area (Å²) in [6.45, 7) is 0. The Kier molecular flexibility index (Phi) is 5.97. The molecule has 118 valence electrons. The number of hydrogen-bond acceptors (Lipinski definition) is 4. The average Bonchev–Trinajstić information content (AvgIpc) is 2.48. The highest BCUT2D eigenvalue weighted by Crippen LogP contribution is 2.21. The molecule has 1 saturated heterocycles. The lowest BCUT2D eigenvalue weighted by Gasteiger charge is -2.29. The van der Waals surface area contributed by atoms with E-state index in [0.717, 1.165) is 5.56 Å². The van der Waals surface area contributed by atoms with Crippen LogP contribution in [0.25, 0.3) is 0 Å². The van der Waals surface area contributed by atoms with Gasteiger partial charge in [0.1, 0.15) is 0 Å². The average molecular weight is 304 g/mol. The zero-order chi connectivity index (χ0) is 15.9. The molecule has 0 aliphatic carbocycles. The molecule has 2 atom stereocenters. The molecule has 0 aromatic heterocycles.